The summed E-state index contributed by atoms with van der Waals surface area (Å²) in [6, 6.07) is 9.14. The number of benzene rings is 1. The van der Waals surface area contributed by atoms with Crippen molar-refractivity contribution < 1.29 is 9.53 Å². The number of halogens is 1. The van der Waals surface area contributed by atoms with Gasteiger partial charge in [-0.05, 0) is 22.8 Å². The number of esters is 1. The van der Waals surface area contributed by atoms with Crippen LogP contribution in [0.1, 0.15) is 24.8 Å². The van der Waals surface area contributed by atoms with E-state index in [0.29, 0.717) is 13.0 Å². The molecule has 0 spiro atoms. The van der Waals surface area contributed by atoms with Gasteiger partial charge in [0.2, 0.25) is 0 Å². The quantitative estimate of drug-likeness (QED) is 0.357. The maximum absolute atomic E-state index is 11.6. The first-order chi connectivity index (χ1) is 8.24. The summed E-state index contributed by atoms with van der Waals surface area (Å²) in [5.41, 5.74) is 6.73. The number of alkyl halides is 1. The van der Waals surface area contributed by atoms with Gasteiger partial charge in [-0.25, -0.2) is 0 Å². The summed E-state index contributed by atoms with van der Waals surface area (Å²) >= 11 is 2.32. The van der Waals surface area contributed by atoms with E-state index >= 15 is 0 Å². The predicted octanol–water partition coefficient (Wildman–Crippen LogP) is 2.66. The summed E-state index contributed by atoms with van der Waals surface area (Å²) in [6.07, 6.45) is 2.78. The van der Waals surface area contributed by atoms with Crippen molar-refractivity contribution in [3.8, 4) is 0 Å². The van der Waals surface area contributed by atoms with Crippen LogP contribution in [0.25, 0.3) is 0 Å². The van der Waals surface area contributed by atoms with Gasteiger partial charge >= 0.3 is 5.97 Å². The Morgan fingerprint density at radius 2 is 2.00 bits per heavy atom. The number of nitrogens with two attached hydrogens (primary N) is 1. The fourth-order valence-electron chi connectivity index (χ4n) is 1.41. The van der Waals surface area contributed by atoms with Gasteiger partial charge in [-0.15, -0.1) is 0 Å². The molecule has 0 amide bonds. The van der Waals surface area contributed by atoms with Gasteiger partial charge in [-0.1, -0.05) is 59.3 Å². The van der Waals surface area contributed by atoms with Crippen LogP contribution in [0.15, 0.2) is 30.3 Å². The van der Waals surface area contributed by atoms with Crippen LogP contribution in [0.4, 0.5) is 0 Å². The molecule has 2 N–H and O–H groups in total. The van der Waals surface area contributed by atoms with Crippen molar-refractivity contribution in [2.45, 2.75) is 31.9 Å². The Morgan fingerprint density at radius 1 is 1.29 bits per heavy atom. The van der Waals surface area contributed by atoms with E-state index in [2.05, 4.69) is 22.6 Å². The number of hydrogen-bond acceptors (Lipinski definition) is 3. The van der Waals surface area contributed by atoms with Crippen molar-refractivity contribution in [2.24, 2.45) is 5.73 Å². The molecule has 0 aromatic heterocycles. The van der Waals surface area contributed by atoms with Crippen LogP contribution in [0.3, 0.4) is 0 Å². The number of ether oxygens (including phenoxy) is 1. The monoisotopic (exact) mass is 347 g/mol. The molecule has 1 rings (SSSR count). The van der Waals surface area contributed by atoms with Crippen molar-refractivity contribution in [3.63, 3.8) is 0 Å². The lowest BCUT2D eigenvalue weighted by molar-refractivity contribution is -0.146. The number of unbranched alkanes of at least 4 members (excludes halogenated alkanes) is 1. The first-order valence-corrected chi connectivity index (χ1v) is 7.28. The summed E-state index contributed by atoms with van der Waals surface area (Å²) in [5.74, 6) is -0.303. The predicted molar refractivity (Wildman–Crippen MR) is 77.0 cm³/mol. The second-order valence-electron chi connectivity index (χ2n) is 3.88. The van der Waals surface area contributed by atoms with E-state index in [1.54, 1.807) is 0 Å². The molecule has 1 unspecified atom stereocenters. The maximum atomic E-state index is 11.6. The second-order valence-corrected chi connectivity index (χ2v) is 4.96. The maximum Gasteiger partial charge on any atom is 0.323 e. The number of rotatable bonds is 7. The molecule has 4 heteroatoms. The molecule has 1 atom stereocenters. The Morgan fingerprint density at radius 3 is 2.65 bits per heavy atom. The minimum Gasteiger partial charge on any atom is -0.460 e. The molecule has 0 aliphatic heterocycles. The molecule has 17 heavy (non-hydrogen) atoms. The summed E-state index contributed by atoms with van der Waals surface area (Å²) < 4.78 is 6.26. The fraction of sp³-hybridized carbons (Fsp3) is 0.462. The average molecular weight is 347 g/mol. The minimum absolute atomic E-state index is 0.303. The molecule has 0 bridgehead atoms. The van der Waals surface area contributed by atoms with Gasteiger partial charge in [0.25, 0.3) is 0 Å². The SMILES string of the molecule is NC(CCCCI)C(=O)OCc1ccccc1. The Labute approximate surface area is 116 Å². The van der Waals surface area contributed by atoms with E-state index < -0.39 is 6.04 Å². The van der Waals surface area contributed by atoms with Gasteiger partial charge in [0, 0.05) is 0 Å². The zero-order valence-electron chi connectivity index (χ0n) is 9.77. The fourth-order valence-corrected chi connectivity index (χ4v) is 1.95. The molecule has 1 aromatic carbocycles. The summed E-state index contributed by atoms with van der Waals surface area (Å²) in [5, 5.41) is 0. The van der Waals surface area contributed by atoms with Crippen LogP contribution in [-0.2, 0) is 16.1 Å². The number of hydrogen-bond donors (Lipinski definition) is 1. The zero-order chi connectivity index (χ0) is 12.5. The van der Waals surface area contributed by atoms with E-state index in [4.69, 9.17) is 10.5 Å². The van der Waals surface area contributed by atoms with Gasteiger partial charge in [-0.3, -0.25) is 4.79 Å². The van der Waals surface area contributed by atoms with Crippen molar-refractivity contribution in [1.82, 2.24) is 0 Å². The molecular weight excluding hydrogens is 329 g/mol. The molecule has 0 radical (unpaired) electrons. The van der Waals surface area contributed by atoms with Gasteiger partial charge in [0.1, 0.15) is 12.6 Å². The van der Waals surface area contributed by atoms with Crippen LogP contribution in [-0.4, -0.2) is 16.4 Å². The highest BCUT2D eigenvalue weighted by Crippen LogP contribution is 2.05. The van der Waals surface area contributed by atoms with Crippen LogP contribution in [0, 0.1) is 0 Å². The van der Waals surface area contributed by atoms with Gasteiger partial charge < -0.3 is 10.5 Å². The van der Waals surface area contributed by atoms with Crippen molar-refractivity contribution in [2.75, 3.05) is 4.43 Å². The highest BCUT2D eigenvalue weighted by Gasteiger charge is 2.14. The Balaban J connectivity index is 2.24. The summed E-state index contributed by atoms with van der Waals surface area (Å²) in [7, 11) is 0. The average Bonchev–Trinajstić information content (AvgIpc) is 2.37. The van der Waals surface area contributed by atoms with E-state index in [-0.39, 0.29) is 5.97 Å². The summed E-state index contributed by atoms with van der Waals surface area (Å²) in [4.78, 5) is 11.6. The van der Waals surface area contributed by atoms with Gasteiger partial charge in [-0.2, -0.15) is 0 Å². The molecule has 0 saturated heterocycles. The molecular formula is C13H18INO2. The van der Waals surface area contributed by atoms with Crippen molar-refractivity contribution >= 4 is 28.6 Å². The molecule has 0 fully saturated rings. The highest BCUT2D eigenvalue weighted by atomic mass is 127. The van der Waals surface area contributed by atoms with Crippen molar-refractivity contribution in [3.05, 3.63) is 35.9 Å². The molecule has 0 heterocycles. The minimum atomic E-state index is -0.485. The Kier molecular flexibility index (Phi) is 7.19. The molecule has 3 nitrogen and oxygen atoms in total. The van der Waals surface area contributed by atoms with Crippen LogP contribution >= 0.6 is 22.6 Å². The lowest BCUT2D eigenvalue weighted by Gasteiger charge is -2.11. The summed E-state index contributed by atoms with van der Waals surface area (Å²) in [6.45, 7) is 0.305. The Bertz CT molecular complexity index is 329. The molecule has 0 saturated carbocycles. The van der Waals surface area contributed by atoms with E-state index in [0.717, 1.165) is 22.8 Å². The second kappa shape index (κ2) is 8.47. The lowest BCUT2D eigenvalue weighted by Crippen LogP contribution is -2.32. The first-order valence-electron chi connectivity index (χ1n) is 5.76. The van der Waals surface area contributed by atoms with E-state index in [9.17, 15) is 4.79 Å². The van der Waals surface area contributed by atoms with E-state index in [1.165, 1.54) is 0 Å². The highest BCUT2D eigenvalue weighted by molar-refractivity contribution is 14.1. The molecule has 0 aliphatic rings. The zero-order valence-corrected chi connectivity index (χ0v) is 11.9. The van der Waals surface area contributed by atoms with Gasteiger partial charge in [0.15, 0.2) is 0 Å². The van der Waals surface area contributed by atoms with Gasteiger partial charge in [0.05, 0.1) is 0 Å². The van der Waals surface area contributed by atoms with Crippen LogP contribution < -0.4 is 5.73 Å². The first kappa shape index (κ1) is 14.4. The molecule has 1 aromatic rings. The molecule has 94 valence electrons. The third-order valence-corrected chi connectivity index (χ3v) is 3.19. The largest absolute Gasteiger partial charge is 0.460 e. The third-order valence-electron chi connectivity index (χ3n) is 2.43. The number of carbonyl (C=O) groups excluding carboxylic acids is 1. The van der Waals surface area contributed by atoms with Crippen LogP contribution in [0.2, 0.25) is 0 Å². The smallest absolute Gasteiger partial charge is 0.323 e. The normalized spacial score (nSPS) is 12.1. The Hall–Kier alpha value is -0.620. The lowest BCUT2D eigenvalue weighted by atomic mass is 10.1. The van der Waals surface area contributed by atoms with Crippen LogP contribution in [0.5, 0.6) is 0 Å². The topological polar surface area (TPSA) is 52.3 Å². The number of carbonyl (C=O) groups is 1. The third kappa shape index (κ3) is 6.02. The standard InChI is InChI=1S/C13H18INO2/c14-9-5-4-8-12(15)13(16)17-10-11-6-2-1-3-7-11/h1-3,6-7,12H,4-5,8-10,15H2. The van der Waals surface area contributed by atoms with Crippen molar-refractivity contribution in [1.29, 1.82) is 0 Å². The molecule has 0 aliphatic carbocycles. The van der Waals surface area contributed by atoms with E-state index in [1.807, 2.05) is 30.3 Å².